The first kappa shape index (κ1) is 32.1. The van der Waals surface area contributed by atoms with Crippen molar-refractivity contribution in [3.8, 4) is 0 Å². The van der Waals surface area contributed by atoms with Gasteiger partial charge in [0.1, 0.15) is 54.5 Å². The van der Waals surface area contributed by atoms with Crippen LogP contribution >= 0.6 is 0 Å². The van der Waals surface area contributed by atoms with E-state index >= 15 is 0 Å². The number of carbonyl (C=O) groups is 1. The summed E-state index contributed by atoms with van der Waals surface area (Å²) < 4.78 is 13.8. The van der Waals surface area contributed by atoms with E-state index in [-0.39, 0.29) is 18.8 Å². The van der Waals surface area contributed by atoms with E-state index in [9.17, 15) is 34.8 Å². The Labute approximate surface area is 240 Å². The first-order chi connectivity index (χ1) is 20.4. The van der Waals surface area contributed by atoms with Crippen LogP contribution in [0.3, 0.4) is 0 Å². The van der Waals surface area contributed by atoms with Crippen molar-refractivity contribution in [2.45, 2.75) is 68.1 Å². The number of nitrogens with two attached hydrogens (primary N) is 2. The number of aromatic nitrogens is 6. The molecule has 9 atom stereocenters. The molecule has 0 saturated carbocycles. The summed E-state index contributed by atoms with van der Waals surface area (Å²) in [5, 5.41) is 66.3. The molecule has 1 unspecified atom stereocenters. The third-order valence-electron chi connectivity index (χ3n) is 7.05. The average molecular weight is 613 g/mol. The molecule has 11 N–H and O–H groups in total. The van der Waals surface area contributed by atoms with Gasteiger partial charge in [0.25, 0.3) is 5.56 Å². The van der Waals surface area contributed by atoms with Gasteiger partial charge in [-0.25, -0.2) is 19.7 Å². The molecule has 20 heteroatoms. The number of hydrogen-bond donors (Lipinski definition) is 9. The number of nitrogen functional groups attached to an aromatic ring is 1. The third kappa shape index (κ3) is 6.27. The predicted molar refractivity (Wildman–Crippen MR) is 141 cm³/mol. The number of aliphatic hydroxyl groups excluding tert-OH is 6. The Kier molecular flexibility index (Phi) is 9.84. The van der Waals surface area contributed by atoms with E-state index in [0.29, 0.717) is 11.2 Å². The van der Waals surface area contributed by atoms with E-state index in [1.165, 1.54) is 17.2 Å². The van der Waals surface area contributed by atoms with E-state index in [0.717, 1.165) is 21.4 Å². The third-order valence-corrected chi connectivity index (χ3v) is 7.05. The molecule has 2 fully saturated rings. The molecule has 0 aliphatic carbocycles. The van der Waals surface area contributed by atoms with Crippen LogP contribution in [0.1, 0.15) is 18.9 Å². The highest BCUT2D eigenvalue weighted by atomic mass is 16.6. The number of rotatable bonds is 8. The molecular weight excluding hydrogens is 580 g/mol. The van der Waals surface area contributed by atoms with Crippen molar-refractivity contribution in [3.05, 3.63) is 45.8 Å². The van der Waals surface area contributed by atoms with E-state index in [2.05, 4.69) is 15.0 Å². The lowest BCUT2D eigenvalue weighted by Gasteiger charge is -2.19. The van der Waals surface area contributed by atoms with Crippen molar-refractivity contribution in [1.82, 2.24) is 28.7 Å². The zero-order valence-electron chi connectivity index (χ0n) is 22.3. The molecular formula is C23H32N8O12. The van der Waals surface area contributed by atoms with Crippen LogP contribution in [0.2, 0.25) is 0 Å². The summed E-state index contributed by atoms with van der Waals surface area (Å²) >= 11 is 0. The SMILES string of the molecule is NC(CCn1c(=O)ccn([C@@H]2O[C@H](CO)[C@@H](O)[C@H]2O)c1=O)C(=O)O.Nc1ncnc2c1ncn2[C@@H]1O[C@H](CO)[C@@H](O)[C@H]1O. The highest BCUT2D eigenvalue weighted by molar-refractivity contribution is 5.81. The van der Waals surface area contributed by atoms with E-state index in [1.54, 1.807) is 0 Å². The van der Waals surface area contributed by atoms with Crippen molar-refractivity contribution in [3.63, 3.8) is 0 Å². The van der Waals surface area contributed by atoms with Crippen LogP contribution in [0.5, 0.6) is 0 Å². The van der Waals surface area contributed by atoms with Crippen LogP contribution in [-0.4, -0.2) is 126 Å². The summed E-state index contributed by atoms with van der Waals surface area (Å²) in [4.78, 5) is 46.8. The molecule has 3 aromatic rings. The first-order valence-corrected chi connectivity index (χ1v) is 12.9. The molecule has 3 aromatic heterocycles. The van der Waals surface area contributed by atoms with Crippen molar-refractivity contribution >= 4 is 23.0 Å². The molecule has 2 saturated heterocycles. The maximum absolute atomic E-state index is 12.4. The maximum Gasteiger partial charge on any atom is 0.333 e. The lowest BCUT2D eigenvalue weighted by Crippen LogP contribution is -2.44. The standard InChI is InChI=1S/C13H19N3O8.C10H13N5O4/c14-6(12(21)22)1-3-15-8(18)2-4-16(13(15)23)11-10(20)9(19)7(5-17)24-11;11-8-5-9(13-2-12-8)15(3-14-5)10-7(18)6(17)4(1-16)19-10/h2,4,6-7,9-11,17,19-20H,1,3,5,14H2,(H,21,22);2-4,6-7,10,16-18H,1H2,(H2,11,12,13)/t6?,7-,9-,10-,11-;4-,6-,7-,10-/m11/s1. The number of carboxylic acids is 1. The van der Waals surface area contributed by atoms with Gasteiger partial charge in [0.15, 0.2) is 23.9 Å². The predicted octanol–water partition coefficient (Wildman–Crippen LogP) is -5.56. The van der Waals surface area contributed by atoms with Crippen molar-refractivity contribution in [2.75, 3.05) is 18.9 Å². The fourth-order valence-electron chi connectivity index (χ4n) is 4.60. The Hall–Kier alpha value is -3.86. The van der Waals surface area contributed by atoms with Gasteiger partial charge in [-0.1, -0.05) is 0 Å². The maximum atomic E-state index is 12.4. The Morgan fingerprint density at radius 3 is 2.05 bits per heavy atom. The number of imidazole rings is 1. The van der Waals surface area contributed by atoms with Crippen molar-refractivity contribution < 1.29 is 50.0 Å². The molecule has 0 bridgehead atoms. The average Bonchev–Trinajstić information content (AvgIpc) is 3.63. The second-order valence-electron chi connectivity index (χ2n) is 9.77. The highest BCUT2D eigenvalue weighted by Crippen LogP contribution is 2.31. The Morgan fingerprint density at radius 1 is 0.930 bits per heavy atom. The van der Waals surface area contributed by atoms with Gasteiger partial charge in [0.05, 0.1) is 19.5 Å². The summed E-state index contributed by atoms with van der Waals surface area (Å²) in [6.45, 7) is -1.18. The number of ether oxygens (including phenoxy) is 2. The monoisotopic (exact) mass is 612 g/mol. The molecule has 5 rings (SSSR count). The number of fused-ring (bicyclic) bond motifs is 1. The van der Waals surface area contributed by atoms with Gasteiger partial charge in [0, 0.05) is 18.8 Å². The number of carboxylic acid groups (broad SMARTS) is 1. The first-order valence-electron chi connectivity index (χ1n) is 12.9. The second kappa shape index (κ2) is 13.2. The van der Waals surface area contributed by atoms with Gasteiger partial charge in [0.2, 0.25) is 0 Å². The summed E-state index contributed by atoms with van der Waals surface area (Å²) in [6.07, 6.45) is -5.71. The summed E-state index contributed by atoms with van der Waals surface area (Å²) in [5.74, 6) is -1.04. The number of aliphatic carboxylic acids is 1. The molecule has 20 nitrogen and oxygen atoms in total. The minimum atomic E-state index is -1.48. The Morgan fingerprint density at radius 2 is 1.51 bits per heavy atom. The van der Waals surface area contributed by atoms with Crippen LogP contribution < -0.4 is 22.7 Å². The zero-order chi connectivity index (χ0) is 31.6. The van der Waals surface area contributed by atoms with Crippen LogP contribution in [0, 0.1) is 0 Å². The van der Waals surface area contributed by atoms with Crippen LogP contribution in [0.15, 0.2) is 34.5 Å². The van der Waals surface area contributed by atoms with Crippen LogP contribution in [0.4, 0.5) is 5.82 Å². The lowest BCUT2D eigenvalue weighted by molar-refractivity contribution is -0.138. The largest absolute Gasteiger partial charge is 0.480 e. The van der Waals surface area contributed by atoms with Crippen molar-refractivity contribution in [2.24, 2.45) is 5.73 Å². The minimum Gasteiger partial charge on any atom is -0.480 e. The summed E-state index contributed by atoms with van der Waals surface area (Å²) in [5.41, 5.74) is 10.3. The minimum absolute atomic E-state index is 0.148. The Bertz CT molecular complexity index is 1540. The van der Waals surface area contributed by atoms with Gasteiger partial charge in [-0.2, -0.15) is 0 Å². The lowest BCUT2D eigenvalue weighted by atomic mass is 10.1. The molecule has 0 radical (unpaired) electrons. The Balaban J connectivity index is 0.000000202. The quantitative estimate of drug-likeness (QED) is 0.114. The molecule has 5 heterocycles. The molecule has 236 valence electrons. The highest BCUT2D eigenvalue weighted by Gasteiger charge is 2.45. The van der Waals surface area contributed by atoms with Crippen LogP contribution in [0.25, 0.3) is 11.2 Å². The number of nitrogens with zero attached hydrogens (tertiary/aromatic N) is 6. The fraction of sp³-hybridized carbons (Fsp3) is 0.565. The molecule has 2 aliphatic rings. The van der Waals surface area contributed by atoms with E-state index in [1.807, 2.05) is 0 Å². The zero-order valence-corrected chi connectivity index (χ0v) is 22.3. The van der Waals surface area contributed by atoms with Gasteiger partial charge in [-0.05, 0) is 6.42 Å². The fourth-order valence-corrected chi connectivity index (χ4v) is 4.60. The van der Waals surface area contributed by atoms with E-state index < -0.39 is 85.6 Å². The van der Waals surface area contributed by atoms with E-state index in [4.69, 9.17) is 36.3 Å². The number of aliphatic hydroxyl groups is 6. The van der Waals surface area contributed by atoms with Crippen LogP contribution in [-0.2, 0) is 20.8 Å². The van der Waals surface area contributed by atoms with Gasteiger partial charge in [-0.3, -0.25) is 23.3 Å². The topological polar surface area (TPSA) is 317 Å². The van der Waals surface area contributed by atoms with Gasteiger partial charge in [-0.15, -0.1) is 0 Å². The smallest absolute Gasteiger partial charge is 0.333 e. The van der Waals surface area contributed by atoms with Gasteiger partial charge < -0.3 is 56.7 Å². The molecule has 0 aromatic carbocycles. The normalized spacial score (nSPS) is 29.4. The number of hydrogen-bond acceptors (Lipinski definition) is 16. The number of anilines is 1. The van der Waals surface area contributed by atoms with Crippen molar-refractivity contribution in [1.29, 1.82) is 0 Å². The van der Waals surface area contributed by atoms with Gasteiger partial charge >= 0.3 is 11.7 Å². The molecule has 43 heavy (non-hydrogen) atoms. The summed E-state index contributed by atoms with van der Waals surface area (Å²) in [6, 6.07) is -0.193. The second-order valence-corrected chi connectivity index (χ2v) is 9.77. The molecule has 0 spiro atoms. The molecule has 0 amide bonds. The summed E-state index contributed by atoms with van der Waals surface area (Å²) in [7, 11) is 0. The molecule has 2 aliphatic heterocycles.